The first-order valence-corrected chi connectivity index (χ1v) is 6.93. The predicted octanol–water partition coefficient (Wildman–Crippen LogP) is 4.93. The lowest BCUT2D eigenvalue weighted by molar-refractivity contribution is -0.128. The summed E-state index contributed by atoms with van der Waals surface area (Å²) >= 11 is 0. The highest BCUT2D eigenvalue weighted by Crippen LogP contribution is 2.36. The van der Waals surface area contributed by atoms with Gasteiger partial charge in [-0.3, -0.25) is 4.79 Å². The van der Waals surface area contributed by atoms with Crippen molar-refractivity contribution in [3.8, 4) is 0 Å². The molecule has 2 rings (SSSR count). The summed E-state index contributed by atoms with van der Waals surface area (Å²) in [5, 5.41) is 0. The minimum absolute atomic E-state index is 0.695. The van der Waals surface area contributed by atoms with E-state index >= 15 is 0 Å². The SMILES string of the molecule is O=C(C(c1ccccc1F)C(F)F)C(c1ccccc1F)C(F)F. The standard InChI is InChI=1S/C17H12F6O/c18-11-7-3-1-5-9(11)13(16(20)21)15(24)14(17(22)23)10-6-2-4-8-12(10)19/h1-8,13-14,16-17H. The Balaban J connectivity index is 2.51. The van der Waals surface area contributed by atoms with Gasteiger partial charge < -0.3 is 0 Å². The minimum atomic E-state index is -3.41. The average molecular weight is 346 g/mol. The van der Waals surface area contributed by atoms with E-state index in [9.17, 15) is 31.1 Å². The van der Waals surface area contributed by atoms with Gasteiger partial charge in [0.2, 0.25) is 0 Å². The van der Waals surface area contributed by atoms with Gasteiger partial charge in [0, 0.05) is 11.1 Å². The van der Waals surface area contributed by atoms with Gasteiger partial charge in [-0.2, -0.15) is 0 Å². The molecule has 2 aromatic rings. The Morgan fingerprint density at radius 2 is 1.00 bits per heavy atom. The molecule has 2 atom stereocenters. The van der Waals surface area contributed by atoms with Gasteiger partial charge in [-0.1, -0.05) is 36.4 Å². The highest BCUT2D eigenvalue weighted by Gasteiger charge is 2.42. The molecular formula is C17H12F6O. The predicted molar refractivity (Wildman–Crippen MR) is 75.3 cm³/mol. The van der Waals surface area contributed by atoms with Gasteiger partial charge >= 0.3 is 0 Å². The topological polar surface area (TPSA) is 17.1 Å². The molecule has 0 saturated carbocycles. The molecule has 0 saturated heterocycles. The Morgan fingerprint density at radius 3 is 1.29 bits per heavy atom. The molecule has 2 unspecified atom stereocenters. The second-order valence-electron chi connectivity index (χ2n) is 5.07. The number of carbonyl (C=O) groups excluding carboxylic acids is 1. The van der Waals surface area contributed by atoms with E-state index in [1.165, 1.54) is 24.3 Å². The van der Waals surface area contributed by atoms with Crippen molar-refractivity contribution in [2.75, 3.05) is 0 Å². The van der Waals surface area contributed by atoms with E-state index in [-0.39, 0.29) is 0 Å². The van der Waals surface area contributed by atoms with Gasteiger partial charge in [0.15, 0.2) is 5.78 Å². The molecular weight excluding hydrogens is 334 g/mol. The number of Topliss-reactive ketones (excluding diaryl/α,β-unsaturated/α-hetero) is 1. The van der Waals surface area contributed by atoms with Crippen LogP contribution in [0.15, 0.2) is 48.5 Å². The van der Waals surface area contributed by atoms with Crippen LogP contribution in [-0.4, -0.2) is 18.6 Å². The molecule has 0 spiro atoms. The molecule has 0 bridgehead atoms. The Morgan fingerprint density at radius 1 is 0.667 bits per heavy atom. The van der Waals surface area contributed by atoms with Gasteiger partial charge in [0.1, 0.15) is 23.5 Å². The molecule has 0 amide bonds. The summed E-state index contributed by atoms with van der Waals surface area (Å²) in [6.45, 7) is 0. The first kappa shape index (κ1) is 18.0. The van der Waals surface area contributed by atoms with Crippen LogP contribution in [0.4, 0.5) is 26.3 Å². The summed E-state index contributed by atoms with van der Waals surface area (Å²) in [7, 11) is 0. The maximum absolute atomic E-state index is 13.8. The molecule has 7 heteroatoms. The largest absolute Gasteiger partial charge is 0.298 e. The van der Waals surface area contributed by atoms with Gasteiger partial charge in [-0.05, 0) is 12.1 Å². The summed E-state index contributed by atoms with van der Waals surface area (Å²) in [6.07, 6.45) is -6.83. The maximum atomic E-state index is 13.8. The summed E-state index contributed by atoms with van der Waals surface area (Å²) in [5.74, 6) is -8.68. The highest BCUT2D eigenvalue weighted by molar-refractivity contribution is 5.92. The second-order valence-corrected chi connectivity index (χ2v) is 5.07. The van der Waals surface area contributed by atoms with E-state index in [2.05, 4.69) is 0 Å². The molecule has 0 heterocycles. The van der Waals surface area contributed by atoms with Gasteiger partial charge in [-0.15, -0.1) is 0 Å². The normalized spacial score (nSPS) is 14.0. The molecule has 0 N–H and O–H groups in total. The number of carbonyl (C=O) groups is 1. The van der Waals surface area contributed by atoms with Crippen LogP contribution in [0.25, 0.3) is 0 Å². The molecule has 128 valence electrons. The van der Waals surface area contributed by atoms with Crippen LogP contribution >= 0.6 is 0 Å². The van der Waals surface area contributed by atoms with Gasteiger partial charge in [0.25, 0.3) is 12.9 Å². The zero-order valence-electron chi connectivity index (χ0n) is 12.1. The number of benzene rings is 2. The monoisotopic (exact) mass is 346 g/mol. The lowest BCUT2D eigenvalue weighted by Gasteiger charge is -2.23. The van der Waals surface area contributed by atoms with Crippen LogP contribution < -0.4 is 0 Å². The lowest BCUT2D eigenvalue weighted by atomic mass is 9.83. The molecule has 0 aliphatic carbocycles. The number of hydrogen-bond donors (Lipinski definition) is 0. The highest BCUT2D eigenvalue weighted by atomic mass is 19.3. The summed E-state index contributed by atoms with van der Waals surface area (Å²) in [5.41, 5.74) is -1.39. The van der Waals surface area contributed by atoms with Crippen molar-refractivity contribution in [2.45, 2.75) is 24.7 Å². The molecule has 1 nitrogen and oxygen atoms in total. The van der Waals surface area contributed by atoms with E-state index in [4.69, 9.17) is 0 Å². The fraction of sp³-hybridized carbons (Fsp3) is 0.235. The number of alkyl halides is 4. The zero-order chi connectivity index (χ0) is 17.9. The van der Waals surface area contributed by atoms with Crippen molar-refractivity contribution in [3.63, 3.8) is 0 Å². The smallest absolute Gasteiger partial charge is 0.252 e. The van der Waals surface area contributed by atoms with Crippen LogP contribution in [0.1, 0.15) is 23.0 Å². The molecule has 24 heavy (non-hydrogen) atoms. The quantitative estimate of drug-likeness (QED) is 0.678. The first-order valence-electron chi connectivity index (χ1n) is 6.93. The van der Waals surface area contributed by atoms with E-state index in [1.807, 2.05) is 0 Å². The zero-order valence-corrected chi connectivity index (χ0v) is 12.1. The van der Waals surface area contributed by atoms with Crippen LogP contribution in [-0.2, 0) is 4.79 Å². The Hall–Kier alpha value is -2.31. The summed E-state index contributed by atoms with van der Waals surface area (Å²) < 4.78 is 80.8. The number of rotatable bonds is 6. The average Bonchev–Trinajstić information content (AvgIpc) is 2.51. The molecule has 0 aromatic heterocycles. The van der Waals surface area contributed by atoms with Crippen LogP contribution in [0.3, 0.4) is 0 Å². The van der Waals surface area contributed by atoms with Crippen molar-refractivity contribution in [2.24, 2.45) is 0 Å². The Kier molecular flexibility index (Phi) is 5.64. The van der Waals surface area contributed by atoms with Crippen molar-refractivity contribution in [1.82, 2.24) is 0 Å². The third-order valence-electron chi connectivity index (χ3n) is 3.60. The van der Waals surface area contributed by atoms with Crippen molar-refractivity contribution >= 4 is 5.78 Å². The third kappa shape index (κ3) is 3.60. The van der Waals surface area contributed by atoms with Gasteiger partial charge in [-0.25, -0.2) is 26.3 Å². The van der Waals surface area contributed by atoms with Crippen LogP contribution in [0.5, 0.6) is 0 Å². The maximum Gasteiger partial charge on any atom is 0.252 e. The molecule has 0 radical (unpaired) electrons. The summed E-state index contributed by atoms with van der Waals surface area (Å²) in [6, 6.07) is 8.39. The van der Waals surface area contributed by atoms with Crippen molar-refractivity contribution < 1.29 is 31.1 Å². The Labute approximate surface area is 133 Å². The van der Waals surface area contributed by atoms with E-state index in [1.54, 1.807) is 0 Å². The number of halogens is 6. The Bertz CT molecular complexity index is 656. The fourth-order valence-electron chi connectivity index (χ4n) is 2.47. The second kappa shape index (κ2) is 7.51. The third-order valence-corrected chi connectivity index (χ3v) is 3.60. The summed E-state index contributed by atoms with van der Waals surface area (Å²) in [4.78, 5) is 12.3. The molecule has 0 aliphatic heterocycles. The molecule has 0 fully saturated rings. The van der Waals surface area contributed by atoms with E-state index in [0.717, 1.165) is 24.3 Å². The van der Waals surface area contributed by atoms with Crippen LogP contribution in [0.2, 0.25) is 0 Å². The fourth-order valence-corrected chi connectivity index (χ4v) is 2.47. The minimum Gasteiger partial charge on any atom is -0.298 e. The lowest BCUT2D eigenvalue weighted by Crippen LogP contribution is -2.31. The van der Waals surface area contributed by atoms with E-state index in [0.29, 0.717) is 0 Å². The number of hydrogen-bond acceptors (Lipinski definition) is 1. The van der Waals surface area contributed by atoms with Crippen molar-refractivity contribution in [1.29, 1.82) is 0 Å². The van der Waals surface area contributed by atoms with Crippen LogP contribution in [0, 0.1) is 11.6 Å². The van der Waals surface area contributed by atoms with E-state index < -0.39 is 53.2 Å². The molecule has 2 aromatic carbocycles. The molecule has 0 aliphatic rings. The van der Waals surface area contributed by atoms with Crippen molar-refractivity contribution in [3.05, 3.63) is 71.3 Å². The van der Waals surface area contributed by atoms with Gasteiger partial charge in [0.05, 0.1) is 0 Å². The number of ketones is 1. The first-order chi connectivity index (χ1) is 11.3.